The smallest absolute Gasteiger partial charge is 0.188 e. The molecule has 0 radical (unpaired) electrons. The highest BCUT2D eigenvalue weighted by molar-refractivity contribution is 5.78. The molecule has 82 valence electrons. The summed E-state index contributed by atoms with van der Waals surface area (Å²) in [6.45, 7) is 5.80. The quantitative estimate of drug-likeness (QED) is 0.523. The summed E-state index contributed by atoms with van der Waals surface area (Å²) in [5.41, 5.74) is 5.73. The Balaban J connectivity index is 2.28. The molecule has 0 spiro atoms. The molecule has 0 aromatic carbocycles. The van der Waals surface area contributed by atoms with E-state index >= 15 is 0 Å². The number of nitrogens with two attached hydrogens (primary N) is 1. The van der Waals surface area contributed by atoms with Crippen LogP contribution in [0, 0.1) is 0 Å². The van der Waals surface area contributed by atoms with Gasteiger partial charge in [-0.3, -0.25) is 4.99 Å². The molecule has 14 heavy (non-hydrogen) atoms. The summed E-state index contributed by atoms with van der Waals surface area (Å²) in [5, 5.41) is 3.23. The fourth-order valence-electron chi connectivity index (χ4n) is 1.62. The van der Waals surface area contributed by atoms with Crippen molar-refractivity contribution in [1.29, 1.82) is 0 Å². The van der Waals surface area contributed by atoms with Crippen molar-refractivity contribution in [2.75, 3.05) is 13.2 Å². The molecule has 1 saturated heterocycles. The largest absolute Gasteiger partial charge is 0.378 e. The van der Waals surface area contributed by atoms with E-state index in [0.29, 0.717) is 18.1 Å². The summed E-state index contributed by atoms with van der Waals surface area (Å²) in [4.78, 5) is 4.20. The van der Waals surface area contributed by atoms with E-state index in [1.54, 1.807) is 0 Å². The van der Waals surface area contributed by atoms with Crippen LogP contribution in [-0.4, -0.2) is 31.3 Å². The zero-order chi connectivity index (χ0) is 10.4. The van der Waals surface area contributed by atoms with Crippen LogP contribution in [-0.2, 0) is 4.74 Å². The Hall–Kier alpha value is -0.770. The first-order valence-corrected chi connectivity index (χ1v) is 5.40. The molecule has 1 aliphatic rings. The van der Waals surface area contributed by atoms with E-state index in [4.69, 9.17) is 10.5 Å². The van der Waals surface area contributed by atoms with Gasteiger partial charge in [0.05, 0.1) is 6.10 Å². The van der Waals surface area contributed by atoms with E-state index in [2.05, 4.69) is 24.2 Å². The Morgan fingerprint density at radius 3 is 3.07 bits per heavy atom. The number of hydrogen-bond acceptors (Lipinski definition) is 2. The van der Waals surface area contributed by atoms with Gasteiger partial charge in [0, 0.05) is 19.2 Å². The van der Waals surface area contributed by atoms with E-state index in [1.165, 1.54) is 0 Å². The van der Waals surface area contributed by atoms with Crippen LogP contribution in [0.3, 0.4) is 0 Å². The van der Waals surface area contributed by atoms with Gasteiger partial charge in [0.25, 0.3) is 0 Å². The molecule has 1 heterocycles. The maximum absolute atomic E-state index is 5.73. The van der Waals surface area contributed by atoms with Gasteiger partial charge in [-0.2, -0.15) is 0 Å². The molecular weight excluding hydrogens is 178 g/mol. The lowest BCUT2D eigenvalue weighted by atomic mass is 10.0. The number of guanidine groups is 1. The van der Waals surface area contributed by atoms with E-state index in [0.717, 1.165) is 32.4 Å². The molecule has 1 rings (SSSR count). The number of aliphatic imine (C=N–C) groups is 1. The molecule has 0 saturated carbocycles. The number of ether oxygens (including phenoxy) is 1. The van der Waals surface area contributed by atoms with Crippen molar-refractivity contribution in [2.24, 2.45) is 10.7 Å². The second-order valence-electron chi connectivity index (χ2n) is 3.81. The molecular formula is C10H21N3O. The van der Waals surface area contributed by atoms with Crippen molar-refractivity contribution < 1.29 is 4.74 Å². The maximum atomic E-state index is 5.73. The summed E-state index contributed by atoms with van der Waals surface area (Å²) in [5.74, 6) is 0.575. The lowest BCUT2D eigenvalue weighted by Gasteiger charge is -2.28. The predicted molar refractivity (Wildman–Crippen MR) is 58.4 cm³/mol. The van der Waals surface area contributed by atoms with Crippen molar-refractivity contribution >= 4 is 5.96 Å². The second-order valence-corrected chi connectivity index (χ2v) is 3.81. The molecule has 1 aliphatic heterocycles. The van der Waals surface area contributed by atoms with Crippen LogP contribution >= 0.6 is 0 Å². The Morgan fingerprint density at radius 1 is 1.64 bits per heavy atom. The molecule has 3 N–H and O–H groups in total. The van der Waals surface area contributed by atoms with E-state index in [9.17, 15) is 0 Å². The first kappa shape index (κ1) is 11.3. The zero-order valence-corrected chi connectivity index (χ0v) is 9.12. The molecule has 0 aromatic heterocycles. The first-order valence-electron chi connectivity index (χ1n) is 5.40. The monoisotopic (exact) mass is 199 g/mol. The van der Waals surface area contributed by atoms with Crippen LogP contribution in [0.1, 0.15) is 33.1 Å². The average molecular weight is 199 g/mol. The molecule has 2 atom stereocenters. The highest BCUT2D eigenvalue weighted by Crippen LogP contribution is 2.12. The average Bonchev–Trinajstić information content (AvgIpc) is 2.15. The fraction of sp³-hybridized carbons (Fsp3) is 0.900. The van der Waals surface area contributed by atoms with Gasteiger partial charge in [-0.1, -0.05) is 6.92 Å². The Kier molecular flexibility index (Phi) is 4.73. The third-order valence-electron chi connectivity index (χ3n) is 2.34. The molecule has 0 aromatic rings. The lowest BCUT2D eigenvalue weighted by molar-refractivity contribution is 0.0166. The third-order valence-corrected chi connectivity index (χ3v) is 2.34. The van der Waals surface area contributed by atoms with Crippen molar-refractivity contribution in [3.63, 3.8) is 0 Å². The molecule has 1 fully saturated rings. The highest BCUT2D eigenvalue weighted by Gasteiger charge is 2.19. The summed E-state index contributed by atoms with van der Waals surface area (Å²) < 4.78 is 5.45. The predicted octanol–water partition coefficient (Wildman–Crippen LogP) is 0.868. The molecule has 0 bridgehead atoms. The molecule has 4 heteroatoms. The number of rotatable bonds is 3. The van der Waals surface area contributed by atoms with Crippen LogP contribution in [0.4, 0.5) is 0 Å². The van der Waals surface area contributed by atoms with E-state index in [-0.39, 0.29) is 0 Å². The minimum absolute atomic E-state index is 0.334. The zero-order valence-electron chi connectivity index (χ0n) is 9.12. The van der Waals surface area contributed by atoms with Crippen LogP contribution in [0.15, 0.2) is 4.99 Å². The van der Waals surface area contributed by atoms with Gasteiger partial charge in [-0.05, 0) is 26.2 Å². The standard InChI is InChI=1S/C10H21N3O/c1-3-5-12-10(11)13-9-4-6-14-8(2)7-9/h8-9H,3-7H2,1-2H3,(H3,11,12,13). The van der Waals surface area contributed by atoms with Crippen LogP contribution < -0.4 is 11.1 Å². The van der Waals surface area contributed by atoms with Gasteiger partial charge < -0.3 is 15.8 Å². The third kappa shape index (κ3) is 3.96. The number of hydrogen-bond donors (Lipinski definition) is 2. The normalized spacial score (nSPS) is 28.9. The Labute approximate surface area is 85.9 Å². The summed E-state index contributed by atoms with van der Waals surface area (Å²) in [7, 11) is 0. The van der Waals surface area contributed by atoms with Crippen molar-refractivity contribution in [3.05, 3.63) is 0 Å². The lowest BCUT2D eigenvalue weighted by Crippen LogP contribution is -2.44. The molecule has 0 aliphatic carbocycles. The Morgan fingerprint density at radius 2 is 2.43 bits per heavy atom. The van der Waals surface area contributed by atoms with Gasteiger partial charge in [0.1, 0.15) is 0 Å². The number of nitrogens with zero attached hydrogens (tertiary/aromatic N) is 1. The van der Waals surface area contributed by atoms with Gasteiger partial charge in [0.2, 0.25) is 0 Å². The minimum atomic E-state index is 0.334. The topological polar surface area (TPSA) is 59.6 Å². The Bertz CT molecular complexity index is 194. The highest BCUT2D eigenvalue weighted by atomic mass is 16.5. The first-order chi connectivity index (χ1) is 6.72. The van der Waals surface area contributed by atoms with Crippen molar-refractivity contribution in [1.82, 2.24) is 5.32 Å². The van der Waals surface area contributed by atoms with Crippen LogP contribution in [0.2, 0.25) is 0 Å². The maximum Gasteiger partial charge on any atom is 0.188 e. The molecule has 4 nitrogen and oxygen atoms in total. The van der Waals surface area contributed by atoms with Gasteiger partial charge in [-0.25, -0.2) is 0 Å². The van der Waals surface area contributed by atoms with Crippen LogP contribution in [0.5, 0.6) is 0 Å². The van der Waals surface area contributed by atoms with Gasteiger partial charge in [-0.15, -0.1) is 0 Å². The summed E-state index contributed by atoms with van der Waals surface area (Å²) in [6, 6.07) is 0.430. The number of nitrogens with one attached hydrogen (secondary N) is 1. The van der Waals surface area contributed by atoms with Gasteiger partial charge in [0.15, 0.2) is 5.96 Å². The van der Waals surface area contributed by atoms with E-state index < -0.39 is 0 Å². The van der Waals surface area contributed by atoms with Crippen molar-refractivity contribution in [2.45, 2.75) is 45.3 Å². The van der Waals surface area contributed by atoms with Crippen molar-refractivity contribution in [3.8, 4) is 0 Å². The van der Waals surface area contributed by atoms with Crippen LogP contribution in [0.25, 0.3) is 0 Å². The van der Waals surface area contributed by atoms with E-state index in [1.807, 2.05) is 0 Å². The fourth-order valence-corrected chi connectivity index (χ4v) is 1.62. The van der Waals surface area contributed by atoms with Gasteiger partial charge >= 0.3 is 0 Å². The second kappa shape index (κ2) is 5.86. The summed E-state index contributed by atoms with van der Waals surface area (Å²) in [6.07, 6.45) is 3.40. The molecule has 2 unspecified atom stereocenters. The summed E-state index contributed by atoms with van der Waals surface area (Å²) >= 11 is 0. The molecule has 0 amide bonds. The minimum Gasteiger partial charge on any atom is -0.378 e. The SMILES string of the molecule is CCCN=C(N)NC1CCOC(C)C1.